The first kappa shape index (κ1) is 3.33. The van der Waals surface area contributed by atoms with Crippen molar-refractivity contribution in [2.75, 3.05) is 0 Å². The lowest BCUT2D eigenvalue weighted by molar-refractivity contribution is 0.264. The molecule has 0 bridgehead atoms. The second-order valence-corrected chi connectivity index (χ2v) is 0.204. The summed E-state index contributed by atoms with van der Waals surface area (Å²) in [7, 11) is 0. The van der Waals surface area contributed by atoms with E-state index >= 15 is 0 Å². The van der Waals surface area contributed by atoms with Crippen LogP contribution in [-0.4, -0.2) is 0 Å². The van der Waals surface area contributed by atoms with E-state index in [1.165, 1.54) is 0 Å². The van der Waals surface area contributed by atoms with Gasteiger partial charge < -0.3 is 0 Å². The molecule has 0 saturated heterocycles. The molecule has 0 saturated carbocycles. The van der Waals surface area contributed by atoms with Gasteiger partial charge in [-0.3, -0.25) is 4.70 Å². The highest BCUT2D eigenvalue weighted by molar-refractivity contribution is 2.71. The molecule has 3 nitrogen and oxygen atoms in total. The molecule has 0 atom stereocenters. The van der Waals surface area contributed by atoms with Gasteiger partial charge in [-0.25, -0.2) is 0 Å². The minimum Gasteiger partial charge on any atom is -0.269 e. The van der Waals surface area contributed by atoms with E-state index in [4.69, 9.17) is 0 Å². The van der Waals surface area contributed by atoms with E-state index in [2.05, 4.69) is 14.2 Å². The Morgan fingerprint density at radius 1 is 0.750 bits per heavy atom. The highest BCUT2D eigenvalue weighted by Crippen LogP contribution is 1.79. The third-order valence-corrected chi connectivity index (χ3v) is 0.0680. The molecular formula is HFO3. The molecule has 0 aromatic carbocycles. The van der Waals surface area contributed by atoms with Crippen LogP contribution in [0.5, 0.6) is 0 Å². The molecule has 1 heterocycles. The molecule has 1 aromatic rings. The molecule has 0 aliphatic rings. The number of hydrogen-bond donors (Lipinski definition) is 0. The molecule has 0 amide bonds. The van der Waals surface area contributed by atoms with Crippen LogP contribution in [0.15, 0.2) is 14.2 Å². The predicted molar refractivity (Wildman–Crippen MR) is 5.74 cm³/mol. The van der Waals surface area contributed by atoms with Gasteiger partial charge in [0.25, 0.3) is 0 Å². The Morgan fingerprint density at radius 3 is 1.00 bits per heavy atom. The van der Waals surface area contributed by atoms with Crippen LogP contribution in [0.3, 0.4) is 0 Å². The van der Waals surface area contributed by atoms with Crippen LogP contribution in [0, 0.1) is 0 Å². The normalized spacial score (nSPS) is 6.00. The Labute approximate surface area is 20.3 Å². The second kappa shape index (κ2) is 0.759. The fourth-order valence-corrected chi connectivity index (χ4v) is 0. The van der Waals surface area contributed by atoms with E-state index < -0.39 is 0 Å². The summed E-state index contributed by atoms with van der Waals surface area (Å²) in [6, 6.07) is 0. The van der Waals surface area contributed by atoms with Gasteiger partial charge in [-0.2, -0.15) is 0 Å². The summed E-state index contributed by atoms with van der Waals surface area (Å²) in [4.78, 5) is 0. The van der Waals surface area contributed by atoms with Crippen molar-refractivity contribution in [3.8, 4) is 0 Å². The Kier molecular flexibility index (Phi) is 0.632. The van der Waals surface area contributed by atoms with Gasteiger partial charge >= 0.3 is 0 Å². The van der Waals surface area contributed by atoms with Crippen LogP contribution in [-0.2, 0) is 0 Å². The van der Waals surface area contributed by atoms with Crippen LogP contribution in [0.4, 0.5) is 4.70 Å². The minimum absolute atomic E-state index is 0. The van der Waals surface area contributed by atoms with Crippen molar-refractivity contribution in [2.45, 2.75) is 0 Å². The van der Waals surface area contributed by atoms with Crippen LogP contribution >= 0.6 is 0 Å². The largest absolute Gasteiger partial charge is 0.269 e. The van der Waals surface area contributed by atoms with Gasteiger partial charge in [0.1, 0.15) is 0 Å². The lowest BCUT2D eigenvalue weighted by Crippen LogP contribution is -0.661. The van der Waals surface area contributed by atoms with Gasteiger partial charge in [-0.05, 0) is 0 Å². The van der Waals surface area contributed by atoms with Crippen LogP contribution in [0.2, 0.25) is 0 Å². The SMILES string of the molecule is F.o1oo1. The highest BCUT2D eigenvalue weighted by Gasteiger charge is 1.63. The third-order valence-electron chi connectivity index (χ3n) is 0.0680. The Balaban J connectivity index is 0.0000000900. The lowest BCUT2D eigenvalue weighted by Gasteiger charge is -0.816. The number of halogens is 1. The zero-order chi connectivity index (χ0) is 2.12. The van der Waals surface area contributed by atoms with Gasteiger partial charge in [0.15, 0.2) is 0 Å². The minimum atomic E-state index is 0. The zero-order valence-electron chi connectivity index (χ0n) is 1.63. The fraction of sp³-hybridized carbons (Fsp3) is 0. The maximum atomic E-state index is 3.50. The first-order valence-corrected chi connectivity index (χ1v) is 0.500. The molecule has 4 heteroatoms. The first-order chi connectivity index (χ1) is 1.50. The Bertz CT molecular complexity index is 31.4. The summed E-state index contributed by atoms with van der Waals surface area (Å²) < 4.78 is 10.5. The van der Waals surface area contributed by atoms with Gasteiger partial charge in [-0.1, -0.05) is 0 Å². The smallest absolute Gasteiger partial charge is 0 e. The molecule has 0 spiro atoms. The Hall–Kier alpha value is -0.670. The molecule has 0 fully saturated rings. The molecule has 0 aliphatic heterocycles. The average molecular weight is 68.0 g/mol. The summed E-state index contributed by atoms with van der Waals surface area (Å²) >= 11 is 0. The molecule has 26 valence electrons. The van der Waals surface area contributed by atoms with Crippen LogP contribution < -0.4 is 0 Å². The summed E-state index contributed by atoms with van der Waals surface area (Å²) in [5.41, 5.74) is 0. The quantitative estimate of drug-likeness (QED) is 0.418. The van der Waals surface area contributed by atoms with E-state index in [9.17, 15) is 0 Å². The summed E-state index contributed by atoms with van der Waals surface area (Å²) in [6.07, 6.45) is 0. The highest BCUT2D eigenvalue weighted by atomic mass is 19.0. The first-order valence-electron chi connectivity index (χ1n) is 0.500. The second-order valence-electron chi connectivity index (χ2n) is 0.204. The monoisotopic (exact) mass is 68.0 g/mol. The summed E-state index contributed by atoms with van der Waals surface area (Å²) in [6.45, 7) is 0. The molecule has 1 aromatic heterocycles. The summed E-state index contributed by atoms with van der Waals surface area (Å²) in [5.74, 6) is 0. The van der Waals surface area contributed by atoms with E-state index in [1.54, 1.807) is 0 Å². The lowest BCUT2D eigenvalue weighted by atomic mass is 15.2. The molecule has 0 aliphatic carbocycles. The third kappa shape index (κ3) is 1.33. The van der Waals surface area contributed by atoms with Crippen molar-refractivity contribution in [3.05, 3.63) is 0 Å². The predicted octanol–water partition coefficient (Wildman–Crippen LogP) is 0.618. The Morgan fingerprint density at radius 2 is 1.00 bits per heavy atom. The van der Waals surface area contributed by atoms with E-state index in [-0.39, 0.29) is 4.70 Å². The topological polar surface area (TPSA) is 39.4 Å². The van der Waals surface area contributed by atoms with E-state index in [1.807, 2.05) is 0 Å². The molecule has 0 unspecified atom stereocenters. The van der Waals surface area contributed by atoms with Gasteiger partial charge in [0.2, 0.25) is 0 Å². The molecular weight excluding hydrogens is 67.0 g/mol. The zero-order valence-corrected chi connectivity index (χ0v) is 1.63. The molecule has 0 N–H and O–H groups in total. The van der Waals surface area contributed by atoms with Crippen molar-refractivity contribution in [1.82, 2.24) is 0 Å². The number of rotatable bonds is 0. The number of hydrogen-bond acceptors (Lipinski definition) is 3. The summed E-state index contributed by atoms with van der Waals surface area (Å²) in [5, 5.41) is 0. The van der Waals surface area contributed by atoms with Gasteiger partial charge in [0, 0.05) is 14.2 Å². The van der Waals surface area contributed by atoms with Crippen LogP contribution in [0.25, 0.3) is 0 Å². The van der Waals surface area contributed by atoms with E-state index in [0.29, 0.717) is 0 Å². The van der Waals surface area contributed by atoms with Crippen LogP contribution in [0.1, 0.15) is 0 Å². The van der Waals surface area contributed by atoms with Crippen molar-refractivity contribution in [1.29, 1.82) is 0 Å². The van der Waals surface area contributed by atoms with Gasteiger partial charge in [0.05, 0.1) is 0 Å². The van der Waals surface area contributed by atoms with Crippen molar-refractivity contribution >= 4 is 0 Å². The fourth-order valence-electron chi connectivity index (χ4n) is 0. The molecule has 1 rings (SSSR count). The van der Waals surface area contributed by atoms with Crippen molar-refractivity contribution in [3.63, 3.8) is 0 Å². The standard InChI is InChI=1S/FH.O3/c;1-2-3-1/h1H;. The maximum Gasteiger partial charge on any atom is 0 e. The van der Waals surface area contributed by atoms with E-state index in [0.717, 1.165) is 0 Å². The molecule has 0 radical (unpaired) electrons. The van der Waals surface area contributed by atoms with Gasteiger partial charge in [-0.15, -0.1) is 0 Å². The van der Waals surface area contributed by atoms with Crippen molar-refractivity contribution in [2.24, 2.45) is 0 Å². The van der Waals surface area contributed by atoms with Crippen molar-refractivity contribution < 1.29 is 18.9 Å². The maximum absolute atomic E-state index is 3.50. The molecule has 4 heavy (non-hydrogen) atoms. The average Bonchev–Trinajstić information content (AvgIpc) is 1.46.